The van der Waals surface area contributed by atoms with E-state index in [4.69, 9.17) is 10.5 Å². The molecule has 0 radical (unpaired) electrons. The second-order valence-corrected chi connectivity index (χ2v) is 7.74. The number of hydrogen-bond acceptors (Lipinski definition) is 5. The number of aromatic amines is 1. The Labute approximate surface area is 197 Å². The van der Waals surface area contributed by atoms with Crippen molar-refractivity contribution < 1.29 is 4.74 Å². The van der Waals surface area contributed by atoms with E-state index in [0.29, 0.717) is 19.0 Å². The number of nitrogens with one attached hydrogen (secondary N) is 2. The van der Waals surface area contributed by atoms with Gasteiger partial charge in [0.1, 0.15) is 30.1 Å². The summed E-state index contributed by atoms with van der Waals surface area (Å²) in [5.74, 6) is 7.85. The number of benzene rings is 3. The Morgan fingerprint density at radius 2 is 1.65 bits per heavy atom. The summed E-state index contributed by atoms with van der Waals surface area (Å²) in [5.41, 5.74) is 11.2. The Bertz CT molecular complexity index is 1450. The molecular formula is C28H23N5O. The smallest absolute Gasteiger partial charge is 0.143 e. The lowest BCUT2D eigenvalue weighted by Crippen LogP contribution is -1.97. The lowest BCUT2D eigenvalue weighted by atomic mass is 10.1. The van der Waals surface area contributed by atoms with Gasteiger partial charge in [0.2, 0.25) is 0 Å². The van der Waals surface area contributed by atoms with E-state index in [9.17, 15) is 0 Å². The molecule has 0 atom stereocenters. The molecule has 0 spiro atoms. The van der Waals surface area contributed by atoms with Gasteiger partial charge in [-0.1, -0.05) is 48.4 Å². The van der Waals surface area contributed by atoms with Gasteiger partial charge in [-0.25, -0.2) is 9.97 Å². The quantitative estimate of drug-likeness (QED) is 0.315. The third kappa shape index (κ3) is 5.07. The molecule has 5 aromatic rings. The summed E-state index contributed by atoms with van der Waals surface area (Å²) in [5, 5.41) is 4.23. The maximum atomic E-state index is 5.87. The molecule has 0 bridgehead atoms. The van der Waals surface area contributed by atoms with Crippen LogP contribution in [-0.2, 0) is 13.2 Å². The fourth-order valence-electron chi connectivity index (χ4n) is 3.48. The van der Waals surface area contributed by atoms with Crippen molar-refractivity contribution in [3.8, 4) is 17.6 Å². The molecule has 5 rings (SSSR count). The summed E-state index contributed by atoms with van der Waals surface area (Å²) in [7, 11) is 0. The molecule has 0 aliphatic heterocycles. The van der Waals surface area contributed by atoms with Gasteiger partial charge in [0.05, 0.1) is 11.1 Å². The lowest BCUT2D eigenvalue weighted by molar-refractivity contribution is 0.306. The van der Waals surface area contributed by atoms with E-state index in [-0.39, 0.29) is 0 Å². The van der Waals surface area contributed by atoms with Crippen molar-refractivity contribution >= 4 is 22.5 Å². The Hall–Kier alpha value is -4.60. The van der Waals surface area contributed by atoms with Crippen molar-refractivity contribution in [1.82, 2.24) is 15.0 Å². The number of hydrogen-bond donors (Lipinski definition) is 3. The van der Waals surface area contributed by atoms with Crippen molar-refractivity contribution in [2.75, 3.05) is 5.32 Å². The van der Waals surface area contributed by atoms with E-state index in [1.54, 1.807) is 0 Å². The second-order valence-electron chi connectivity index (χ2n) is 7.74. The number of ether oxygens (including phenoxy) is 1. The molecule has 6 nitrogen and oxygen atoms in total. The third-order valence-corrected chi connectivity index (χ3v) is 5.32. The molecule has 34 heavy (non-hydrogen) atoms. The zero-order valence-corrected chi connectivity index (χ0v) is 18.5. The molecule has 0 fully saturated rings. The molecule has 0 unspecified atom stereocenters. The van der Waals surface area contributed by atoms with Gasteiger partial charge in [-0.2, -0.15) is 0 Å². The van der Waals surface area contributed by atoms with Crippen LogP contribution in [0.5, 0.6) is 5.75 Å². The molecule has 2 aromatic heterocycles. The monoisotopic (exact) mass is 445 g/mol. The highest BCUT2D eigenvalue weighted by Crippen LogP contribution is 2.25. The van der Waals surface area contributed by atoms with Crippen LogP contribution in [0.3, 0.4) is 0 Å². The predicted octanol–water partition coefficient (Wildman–Crippen LogP) is 5.14. The summed E-state index contributed by atoms with van der Waals surface area (Å²) in [6.45, 7) is 1.05. The van der Waals surface area contributed by atoms with Crippen LogP contribution in [0.25, 0.3) is 11.0 Å². The molecule has 166 valence electrons. The van der Waals surface area contributed by atoms with Crippen molar-refractivity contribution in [2.45, 2.75) is 13.2 Å². The first kappa shape index (κ1) is 21.3. The third-order valence-electron chi connectivity index (χ3n) is 5.32. The highest BCUT2D eigenvalue weighted by atomic mass is 16.5. The van der Waals surface area contributed by atoms with Crippen LogP contribution in [0, 0.1) is 11.8 Å². The zero-order chi connectivity index (χ0) is 23.2. The van der Waals surface area contributed by atoms with Gasteiger partial charge in [0, 0.05) is 17.8 Å². The minimum absolute atomic E-state index is 0.521. The molecule has 0 saturated heterocycles. The van der Waals surface area contributed by atoms with Gasteiger partial charge in [-0.05, 0) is 59.5 Å². The molecule has 4 N–H and O–H groups in total. The lowest BCUT2D eigenvalue weighted by Gasteiger charge is -2.09. The molecule has 3 aromatic carbocycles. The predicted molar refractivity (Wildman–Crippen MR) is 135 cm³/mol. The first-order valence-corrected chi connectivity index (χ1v) is 11.0. The van der Waals surface area contributed by atoms with Crippen molar-refractivity contribution in [1.29, 1.82) is 0 Å². The maximum absolute atomic E-state index is 5.87. The average Bonchev–Trinajstić information content (AvgIpc) is 3.32. The summed E-state index contributed by atoms with van der Waals surface area (Å²) < 4.78 is 5.87. The van der Waals surface area contributed by atoms with Crippen molar-refractivity contribution in [2.24, 2.45) is 5.73 Å². The summed E-state index contributed by atoms with van der Waals surface area (Å²) in [6.07, 6.45) is 1.53. The van der Waals surface area contributed by atoms with Crippen LogP contribution in [-0.4, -0.2) is 15.0 Å². The topological polar surface area (TPSA) is 88.8 Å². The van der Waals surface area contributed by atoms with Gasteiger partial charge < -0.3 is 20.8 Å². The molecule has 0 aliphatic carbocycles. The minimum Gasteiger partial charge on any atom is -0.489 e. The van der Waals surface area contributed by atoms with Gasteiger partial charge in [-0.3, -0.25) is 0 Å². The highest BCUT2D eigenvalue weighted by molar-refractivity contribution is 5.90. The molecule has 0 amide bonds. The molecule has 0 saturated carbocycles. The van der Waals surface area contributed by atoms with Crippen LogP contribution in [0.2, 0.25) is 0 Å². The summed E-state index contributed by atoms with van der Waals surface area (Å²) in [6, 6.07) is 27.8. The Morgan fingerprint density at radius 3 is 2.41 bits per heavy atom. The Morgan fingerprint density at radius 1 is 0.853 bits per heavy atom. The first-order valence-electron chi connectivity index (χ1n) is 11.0. The highest BCUT2D eigenvalue weighted by Gasteiger charge is 2.08. The van der Waals surface area contributed by atoms with Crippen LogP contribution >= 0.6 is 0 Å². The van der Waals surface area contributed by atoms with Crippen molar-refractivity contribution in [3.05, 3.63) is 114 Å². The second kappa shape index (κ2) is 9.90. The number of H-pyrrole nitrogens is 1. The van der Waals surface area contributed by atoms with Gasteiger partial charge in [-0.15, -0.1) is 0 Å². The summed E-state index contributed by atoms with van der Waals surface area (Å²) in [4.78, 5) is 12.0. The van der Waals surface area contributed by atoms with Gasteiger partial charge >= 0.3 is 0 Å². The maximum Gasteiger partial charge on any atom is 0.143 e. The van der Waals surface area contributed by atoms with Gasteiger partial charge in [0.25, 0.3) is 0 Å². The fourth-order valence-corrected chi connectivity index (χ4v) is 3.48. The van der Waals surface area contributed by atoms with Crippen LogP contribution < -0.4 is 15.8 Å². The molecular weight excluding hydrogens is 422 g/mol. The largest absolute Gasteiger partial charge is 0.489 e. The SMILES string of the molecule is NCc1ccc(C#Cc2cc3c(Nc4ccc(OCc5ccccc5)cc4)ncnc3[nH]2)cc1. The van der Waals surface area contributed by atoms with Crippen LogP contribution in [0.15, 0.2) is 91.3 Å². The number of rotatable bonds is 6. The normalized spacial score (nSPS) is 10.5. The number of nitrogens with two attached hydrogens (primary N) is 1. The van der Waals surface area contributed by atoms with Crippen LogP contribution in [0.4, 0.5) is 11.5 Å². The number of fused-ring (bicyclic) bond motifs is 1. The van der Waals surface area contributed by atoms with E-state index < -0.39 is 0 Å². The fraction of sp³-hybridized carbons (Fsp3) is 0.0714. The standard InChI is InChI=1S/C28H23N5O/c29-17-21-8-6-20(7-9-21)10-11-24-16-26-27(30-19-31-28(26)33-24)32-23-12-14-25(15-13-23)34-18-22-4-2-1-3-5-22/h1-9,12-16,19H,17-18,29H2,(H2,30,31,32,33). The molecule has 2 heterocycles. The molecule has 0 aliphatic rings. The Balaban J connectivity index is 1.29. The van der Waals surface area contributed by atoms with E-state index >= 15 is 0 Å². The number of aromatic nitrogens is 3. The first-order chi connectivity index (χ1) is 16.8. The minimum atomic E-state index is 0.521. The van der Waals surface area contributed by atoms with E-state index in [1.165, 1.54) is 6.33 Å². The number of nitrogens with zero attached hydrogens (tertiary/aromatic N) is 2. The Kier molecular flexibility index (Phi) is 6.19. The van der Waals surface area contributed by atoms with E-state index in [0.717, 1.165) is 44.9 Å². The van der Waals surface area contributed by atoms with Crippen LogP contribution in [0.1, 0.15) is 22.4 Å². The van der Waals surface area contributed by atoms with E-state index in [2.05, 4.69) is 32.1 Å². The molecule has 6 heteroatoms. The van der Waals surface area contributed by atoms with Gasteiger partial charge in [0.15, 0.2) is 0 Å². The number of anilines is 2. The average molecular weight is 446 g/mol. The van der Waals surface area contributed by atoms with E-state index in [1.807, 2.05) is 84.9 Å². The zero-order valence-electron chi connectivity index (χ0n) is 18.5. The van der Waals surface area contributed by atoms with Crippen molar-refractivity contribution in [3.63, 3.8) is 0 Å². The summed E-state index contributed by atoms with van der Waals surface area (Å²) >= 11 is 0.